The van der Waals surface area contributed by atoms with E-state index in [9.17, 15) is 4.79 Å². The Morgan fingerprint density at radius 1 is 1.39 bits per heavy atom. The number of methoxy groups -OCH3 is 1. The average Bonchev–Trinajstić information content (AvgIpc) is 2.36. The fraction of sp³-hybridized carbons (Fsp3) is 0.500. The molecule has 0 aromatic heterocycles. The number of nitrogens with zero attached hydrogens (tertiary/aromatic N) is 1. The normalized spacial score (nSPS) is 13.8. The van der Waals surface area contributed by atoms with Crippen molar-refractivity contribution in [3.8, 4) is 5.75 Å². The van der Waals surface area contributed by atoms with Crippen LogP contribution in [-0.2, 0) is 4.79 Å². The molecule has 2 unspecified atom stereocenters. The standard InChI is InChI=1S/C14H22N2O2/c1-10(15)9-14(17)16(3)11(2)12-7-5-6-8-13(12)18-4/h5-8,10-11H,9,15H2,1-4H3. The smallest absolute Gasteiger partial charge is 0.224 e. The van der Waals surface area contributed by atoms with E-state index in [2.05, 4.69) is 0 Å². The molecule has 2 N–H and O–H groups in total. The minimum atomic E-state index is -0.121. The molecule has 1 rings (SSSR count). The van der Waals surface area contributed by atoms with Crippen LogP contribution in [0.4, 0.5) is 0 Å². The van der Waals surface area contributed by atoms with E-state index in [0.717, 1.165) is 11.3 Å². The molecule has 0 saturated carbocycles. The minimum absolute atomic E-state index is 0.0348. The van der Waals surface area contributed by atoms with Gasteiger partial charge in [0.05, 0.1) is 13.2 Å². The first-order valence-electron chi connectivity index (χ1n) is 6.11. The monoisotopic (exact) mass is 250 g/mol. The summed E-state index contributed by atoms with van der Waals surface area (Å²) in [6.45, 7) is 3.82. The zero-order valence-electron chi connectivity index (χ0n) is 11.5. The molecule has 1 aromatic rings. The zero-order chi connectivity index (χ0) is 13.7. The third-order valence-electron chi connectivity index (χ3n) is 3.06. The van der Waals surface area contributed by atoms with Crippen LogP contribution in [0.15, 0.2) is 24.3 Å². The molecule has 0 heterocycles. The second kappa shape index (κ2) is 6.40. The van der Waals surface area contributed by atoms with Crippen LogP contribution in [-0.4, -0.2) is 31.0 Å². The van der Waals surface area contributed by atoms with Crippen molar-refractivity contribution in [3.05, 3.63) is 29.8 Å². The van der Waals surface area contributed by atoms with Crippen molar-refractivity contribution in [1.29, 1.82) is 0 Å². The summed E-state index contributed by atoms with van der Waals surface area (Å²) in [4.78, 5) is 13.7. The maximum Gasteiger partial charge on any atom is 0.224 e. The van der Waals surface area contributed by atoms with Gasteiger partial charge in [-0.05, 0) is 19.9 Å². The number of para-hydroxylation sites is 1. The predicted molar refractivity (Wildman–Crippen MR) is 72.4 cm³/mol. The van der Waals surface area contributed by atoms with Crippen LogP contribution in [0.2, 0.25) is 0 Å². The van der Waals surface area contributed by atoms with Crippen LogP contribution in [0.1, 0.15) is 31.9 Å². The topological polar surface area (TPSA) is 55.6 Å². The number of rotatable bonds is 5. The molecule has 0 spiro atoms. The van der Waals surface area contributed by atoms with Gasteiger partial charge in [-0.2, -0.15) is 0 Å². The number of amides is 1. The number of nitrogens with two attached hydrogens (primary N) is 1. The van der Waals surface area contributed by atoms with E-state index in [1.165, 1.54) is 0 Å². The first-order valence-corrected chi connectivity index (χ1v) is 6.11. The minimum Gasteiger partial charge on any atom is -0.496 e. The fourth-order valence-corrected chi connectivity index (χ4v) is 1.86. The van der Waals surface area contributed by atoms with Gasteiger partial charge in [-0.1, -0.05) is 18.2 Å². The summed E-state index contributed by atoms with van der Waals surface area (Å²) in [5.74, 6) is 0.842. The van der Waals surface area contributed by atoms with E-state index in [0.29, 0.717) is 6.42 Å². The highest BCUT2D eigenvalue weighted by molar-refractivity contribution is 5.77. The summed E-state index contributed by atoms with van der Waals surface area (Å²) < 4.78 is 5.31. The molecule has 0 fully saturated rings. The second-order valence-electron chi connectivity index (χ2n) is 4.60. The van der Waals surface area contributed by atoms with Crippen molar-refractivity contribution in [2.24, 2.45) is 5.73 Å². The molecule has 18 heavy (non-hydrogen) atoms. The molecule has 0 saturated heterocycles. The van der Waals surface area contributed by atoms with Crippen molar-refractivity contribution in [2.45, 2.75) is 32.4 Å². The highest BCUT2D eigenvalue weighted by atomic mass is 16.5. The van der Waals surface area contributed by atoms with E-state index in [1.54, 1.807) is 19.1 Å². The summed E-state index contributed by atoms with van der Waals surface area (Å²) >= 11 is 0. The summed E-state index contributed by atoms with van der Waals surface area (Å²) in [6.07, 6.45) is 0.357. The molecule has 0 radical (unpaired) electrons. The summed E-state index contributed by atoms with van der Waals surface area (Å²) in [6, 6.07) is 7.57. The molecule has 0 aliphatic carbocycles. The largest absolute Gasteiger partial charge is 0.496 e. The van der Waals surface area contributed by atoms with Gasteiger partial charge in [0, 0.05) is 25.1 Å². The SMILES string of the molecule is COc1ccccc1C(C)N(C)C(=O)CC(C)N. The Hall–Kier alpha value is -1.55. The van der Waals surface area contributed by atoms with E-state index in [-0.39, 0.29) is 18.0 Å². The van der Waals surface area contributed by atoms with Crippen LogP contribution in [0.5, 0.6) is 5.75 Å². The van der Waals surface area contributed by atoms with Gasteiger partial charge in [0.2, 0.25) is 5.91 Å². The van der Waals surface area contributed by atoms with Gasteiger partial charge < -0.3 is 15.4 Å². The van der Waals surface area contributed by atoms with Crippen molar-refractivity contribution in [3.63, 3.8) is 0 Å². The third kappa shape index (κ3) is 3.47. The summed E-state index contributed by atoms with van der Waals surface area (Å²) in [7, 11) is 3.43. The Balaban J connectivity index is 2.85. The first-order chi connectivity index (χ1) is 8.47. The Bertz CT molecular complexity index is 405. The molecular formula is C14H22N2O2. The van der Waals surface area contributed by atoms with Gasteiger partial charge in [-0.15, -0.1) is 0 Å². The van der Waals surface area contributed by atoms with Gasteiger partial charge >= 0.3 is 0 Å². The van der Waals surface area contributed by atoms with E-state index >= 15 is 0 Å². The zero-order valence-corrected chi connectivity index (χ0v) is 11.5. The molecule has 1 amide bonds. The van der Waals surface area contributed by atoms with E-state index in [1.807, 2.05) is 38.1 Å². The summed E-state index contributed by atoms with van der Waals surface area (Å²) in [5.41, 5.74) is 6.65. The Morgan fingerprint density at radius 2 is 2.00 bits per heavy atom. The lowest BCUT2D eigenvalue weighted by Gasteiger charge is -2.27. The molecule has 4 heteroatoms. The highest BCUT2D eigenvalue weighted by Crippen LogP contribution is 2.28. The predicted octanol–water partition coefficient (Wildman–Crippen LogP) is 1.95. The van der Waals surface area contributed by atoms with Crippen LogP contribution in [0.3, 0.4) is 0 Å². The van der Waals surface area contributed by atoms with Crippen molar-refractivity contribution in [2.75, 3.05) is 14.2 Å². The van der Waals surface area contributed by atoms with Crippen LogP contribution < -0.4 is 10.5 Å². The fourth-order valence-electron chi connectivity index (χ4n) is 1.86. The van der Waals surface area contributed by atoms with E-state index < -0.39 is 0 Å². The van der Waals surface area contributed by atoms with Gasteiger partial charge in [0.25, 0.3) is 0 Å². The van der Waals surface area contributed by atoms with Gasteiger partial charge in [0.1, 0.15) is 5.75 Å². The van der Waals surface area contributed by atoms with Gasteiger partial charge in [-0.3, -0.25) is 4.79 Å². The van der Waals surface area contributed by atoms with Crippen LogP contribution in [0, 0.1) is 0 Å². The lowest BCUT2D eigenvalue weighted by molar-refractivity contribution is -0.132. The van der Waals surface area contributed by atoms with E-state index in [4.69, 9.17) is 10.5 Å². The number of hydrogen-bond acceptors (Lipinski definition) is 3. The molecule has 0 bridgehead atoms. The molecule has 4 nitrogen and oxygen atoms in total. The quantitative estimate of drug-likeness (QED) is 0.869. The average molecular weight is 250 g/mol. The van der Waals surface area contributed by atoms with Gasteiger partial charge in [0.15, 0.2) is 0 Å². The molecule has 100 valence electrons. The highest BCUT2D eigenvalue weighted by Gasteiger charge is 2.20. The Kier molecular flexibility index (Phi) is 5.16. The van der Waals surface area contributed by atoms with Gasteiger partial charge in [-0.25, -0.2) is 0 Å². The number of ether oxygens (including phenoxy) is 1. The lowest BCUT2D eigenvalue weighted by Crippen LogP contribution is -2.33. The van der Waals surface area contributed by atoms with Crippen LogP contribution in [0.25, 0.3) is 0 Å². The van der Waals surface area contributed by atoms with Crippen LogP contribution >= 0.6 is 0 Å². The number of carbonyl (C=O) groups excluding carboxylic acids is 1. The molecule has 2 atom stereocenters. The third-order valence-corrected chi connectivity index (χ3v) is 3.06. The van der Waals surface area contributed by atoms with Crippen molar-refractivity contribution < 1.29 is 9.53 Å². The lowest BCUT2D eigenvalue weighted by atomic mass is 10.1. The number of carbonyl (C=O) groups is 1. The maximum atomic E-state index is 12.0. The molecule has 1 aromatic carbocycles. The molecular weight excluding hydrogens is 228 g/mol. The Morgan fingerprint density at radius 3 is 2.56 bits per heavy atom. The maximum absolute atomic E-state index is 12.0. The number of benzene rings is 1. The van der Waals surface area contributed by atoms with Crippen molar-refractivity contribution in [1.82, 2.24) is 4.90 Å². The summed E-state index contributed by atoms with van der Waals surface area (Å²) in [5, 5.41) is 0. The number of hydrogen-bond donors (Lipinski definition) is 1. The molecule has 0 aliphatic rings. The first kappa shape index (κ1) is 14.5. The Labute approximate surface area is 109 Å². The van der Waals surface area contributed by atoms with Crippen molar-refractivity contribution >= 4 is 5.91 Å². The molecule has 0 aliphatic heterocycles. The second-order valence-corrected chi connectivity index (χ2v) is 4.60.